The predicted molar refractivity (Wildman–Crippen MR) is 127 cm³/mol. The zero-order valence-electron chi connectivity index (χ0n) is 19.8. The van der Waals surface area contributed by atoms with Crippen molar-refractivity contribution in [3.05, 3.63) is 59.6 Å². The summed E-state index contributed by atoms with van der Waals surface area (Å²) >= 11 is 0. The molecule has 5 rings (SSSR count). The number of piperidine rings is 1. The Hall–Kier alpha value is -3.87. The molecule has 2 aliphatic rings. The van der Waals surface area contributed by atoms with Crippen molar-refractivity contribution in [1.29, 1.82) is 5.26 Å². The third-order valence-corrected chi connectivity index (χ3v) is 6.65. The van der Waals surface area contributed by atoms with Gasteiger partial charge in [-0.2, -0.15) is 5.26 Å². The highest BCUT2D eigenvalue weighted by Gasteiger charge is 2.44. The number of imidazole rings is 1. The molecule has 1 aliphatic carbocycles. The molecule has 10 heteroatoms. The zero-order valence-corrected chi connectivity index (χ0v) is 19.8. The van der Waals surface area contributed by atoms with Crippen LogP contribution in [0.1, 0.15) is 53.6 Å². The first-order chi connectivity index (χ1) is 17.0. The summed E-state index contributed by atoms with van der Waals surface area (Å²) in [6.07, 6.45) is 8.56. The van der Waals surface area contributed by atoms with Crippen LogP contribution in [0.15, 0.2) is 36.9 Å². The first kappa shape index (κ1) is 22.9. The highest BCUT2D eigenvalue weighted by Crippen LogP contribution is 2.34. The number of carbonyl (C=O) groups is 1. The van der Waals surface area contributed by atoms with Crippen LogP contribution < -0.4 is 4.90 Å². The fourth-order valence-corrected chi connectivity index (χ4v) is 4.56. The number of carbonyl (C=O) groups excluding carboxylic acids is 1. The summed E-state index contributed by atoms with van der Waals surface area (Å²) in [5.41, 5.74) is 1.76. The van der Waals surface area contributed by atoms with Crippen molar-refractivity contribution in [1.82, 2.24) is 29.4 Å². The van der Waals surface area contributed by atoms with Gasteiger partial charge in [-0.1, -0.05) is 6.92 Å². The molecule has 0 unspecified atom stereocenters. The molecule has 1 saturated heterocycles. The third-order valence-electron chi connectivity index (χ3n) is 6.65. The average molecular weight is 475 g/mol. The number of aromatic nitrogens is 5. The second kappa shape index (κ2) is 9.41. The summed E-state index contributed by atoms with van der Waals surface area (Å²) in [4.78, 5) is 34.7. The van der Waals surface area contributed by atoms with E-state index in [0.29, 0.717) is 36.1 Å². The summed E-state index contributed by atoms with van der Waals surface area (Å²) in [5.74, 6) is 1.43. The molecule has 3 aromatic rings. The van der Waals surface area contributed by atoms with Gasteiger partial charge in [0.25, 0.3) is 5.91 Å². The Morgan fingerprint density at radius 2 is 1.97 bits per heavy atom. The summed E-state index contributed by atoms with van der Waals surface area (Å²) in [5, 5.41) is 9.00. The number of alkyl halides is 1. The van der Waals surface area contributed by atoms with Crippen LogP contribution in [0.25, 0.3) is 5.82 Å². The van der Waals surface area contributed by atoms with Crippen LogP contribution in [0.4, 0.5) is 10.3 Å². The van der Waals surface area contributed by atoms with E-state index >= 15 is 4.39 Å². The van der Waals surface area contributed by atoms with E-state index in [1.807, 2.05) is 17.9 Å². The smallest absolute Gasteiger partial charge is 0.274 e. The molecule has 0 spiro atoms. The number of hydrogen-bond acceptors (Lipinski definition) is 7. The molecule has 1 saturated carbocycles. The molecule has 4 heterocycles. The van der Waals surface area contributed by atoms with Crippen LogP contribution >= 0.6 is 0 Å². The fraction of sp³-hybridized carbons (Fsp3) is 0.440. The lowest BCUT2D eigenvalue weighted by Gasteiger charge is -2.40. The molecule has 0 bridgehead atoms. The van der Waals surface area contributed by atoms with Crippen molar-refractivity contribution >= 4 is 11.9 Å². The lowest BCUT2D eigenvalue weighted by Crippen LogP contribution is -2.55. The van der Waals surface area contributed by atoms with E-state index in [0.717, 1.165) is 24.8 Å². The Morgan fingerprint density at radius 3 is 2.57 bits per heavy atom. The first-order valence-corrected chi connectivity index (χ1v) is 11.9. The van der Waals surface area contributed by atoms with E-state index in [4.69, 9.17) is 5.26 Å². The molecular weight excluding hydrogens is 447 g/mol. The number of halogens is 1. The molecule has 2 atom stereocenters. The van der Waals surface area contributed by atoms with Gasteiger partial charge in [-0.3, -0.25) is 9.36 Å². The van der Waals surface area contributed by atoms with E-state index in [-0.39, 0.29) is 24.2 Å². The van der Waals surface area contributed by atoms with Gasteiger partial charge in [0.05, 0.1) is 18.2 Å². The lowest BCUT2D eigenvalue weighted by atomic mass is 10.0. The first-order valence-electron chi connectivity index (χ1n) is 11.9. The monoisotopic (exact) mass is 474 g/mol. The van der Waals surface area contributed by atoms with Gasteiger partial charge in [0, 0.05) is 37.4 Å². The standard InChI is InChI=1S/C25H27FN8O/c1-3-17-11-29-25(30-12-17)32-9-8-22(20(26)14-32)34(19-5-6-19)24(35)21-15-33(16(2)31-21)23-7-4-18(10-27)13-28-23/h4,7,11-13,15,19-20,22H,3,5-6,8-9,14H2,1-2H3/t20-,22+/m0/s1. The number of rotatable bonds is 6. The van der Waals surface area contributed by atoms with Crippen molar-refractivity contribution < 1.29 is 9.18 Å². The Morgan fingerprint density at radius 1 is 1.20 bits per heavy atom. The number of anilines is 1. The minimum absolute atomic E-state index is 0.0379. The van der Waals surface area contributed by atoms with Gasteiger partial charge in [-0.15, -0.1) is 0 Å². The second-order valence-corrected chi connectivity index (χ2v) is 9.07. The Kier molecular flexibility index (Phi) is 6.16. The molecular formula is C25H27FN8O. The van der Waals surface area contributed by atoms with Crippen LogP contribution in [0.2, 0.25) is 0 Å². The van der Waals surface area contributed by atoms with Crippen molar-refractivity contribution in [3.8, 4) is 11.9 Å². The maximum Gasteiger partial charge on any atom is 0.274 e. The molecule has 0 radical (unpaired) electrons. The molecule has 2 fully saturated rings. The van der Waals surface area contributed by atoms with Gasteiger partial charge < -0.3 is 9.80 Å². The normalized spacial score (nSPS) is 19.9. The molecule has 1 amide bonds. The van der Waals surface area contributed by atoms with E-state index in [2.05, 4.69) is 19.9 Å². The van der Waals surface area contributed by atoms with E-state index in [1.54, 1.807) is 47.1 Å². The number of hydrogen-bond donors (Lipinski definition) is 0. The topological polar surface area (TPSA) is 104 Å². The highest BCUT2D eigenvalue weighted by molar-refractivity contribution is 5.93. The molecule has 3 aromatic heterocycles. The minimum atomic E-state index is -1.22. The summed E-state index contributed by atoms with van der Waals surface area (Å²) in [7, 11) is 0. The van der Waals surface area contributed by atoms with Gasteiger partial charge >= 0.3 is 0 Å². The summed E-state index contributed by atoms with van der Waals surface area (Å²) in [6.45, 7) is 4.56. The van der Waals surface area contributed by atoms with Crippen LogP contribution in [0.3, 0.4) is 0 Å². The van der Waals surface area contributed by atoms with Crippen molar-refractivity contribution in [2.45, 2.75) is 57.8 Å². The molecule has 9 nitrogen and oxygen atoms in total. The SMILES string of the molecule is CCc1cnc(N2CC[C@@H](N(C(=O)c3cn(-c4ccc(C#N)cn4)c(C)n3)C3CC3)[C@@H](F)C2)nc1. The van der Waals surface area contributed by atoms with Crippen molar-refractivity contribution in [2.24, 2.45) is 0 Å². The summed E-state index contributed by atoms with van der Waals surface area (Å²) < 4.78 is 17.2. The van der Waals surface area contributed by atoms with E-state index in [1.165, 1.54) is 6.20 Å². The van der Waals surface area contributed by atoms with Gasteiger partial charge in [-0.05, 0) is 50.3 Å². The zero-order chi connectivity index (χ0) is 24.5. The largest absolute Gasteiger partial charge is 0.338 e. The maximum absolute atomic E-state index is 15.5. The molecule has 35 heavy (non-hydrogen) atoms. The van der Waals surface area contributed by atoms with Gasteiger partial charge in [-0.25, -0.2) is 24.3 Å². The number of aryl methyl sites for hydroxylation is 2. The van der Waals surface area contributed by atoms with Crippen LogP contribution in [-0.4, -0.2) is 66.7 Å². The van der Waals surface area contributed by atoms with E-state index < -0.39 is 12.2 Å². The molecule has 0 N–H and O–H groups in total. The van der Waals surface area contributed by atoms with Gasteiger partial charge in [0.2, 0.25) is 5.95 Å². The van der Waals surface area contributed by atoms with Gasteiger partial charge in [0.15, 0.2) is 0 Å². The van der Waals surface area contributed by atoms with Crippen LogP contribution in [-0.2, 0) is 6.42 Å². The Labute approximate surface area is 203 Å². The Bertz CT molecular complexity index is 1250. The minimum Gasteiger partial charge on any atom is -0.338 e. The number of amides is 1. The van der Waals surface area contributed by atoms with Crippen molar-refractivity contribution in [3.63, 3.8) is 0 Å². The van der Waals surface area contributed by atoms with Crippen molar-refractivity contribution in [2.75, 3.05) is 18.0 Å². The highest BCUT2D eigenvalue weighted by atomic mass is 19.1. The lowest BCUT2D eigenvalue weighted by molar-refractivity contribution is 0.0481. The number of nitrogens with zero attached hydrogens (tertiary/aromatic N) is 8. The van der Waals surface area contributed by atoms with Gasteiger partial charge in [0.1, 0.15) is 29.6 Å². The second-order valence-electron chi connectivity index (χ2n) is 9.07. The third kappa shape index (κ3) is 4.58. The summed E-state index contributed by atoms with van der Waals surface area (Å²) in [6, 6.07) is 4.94. The number of nitriles is 1. The fourth-order valence-electron chi connectivity index (χ4n) is 4.56. The van der Waals surface area contributed by atoms with Crippen LogP contribution in [0, 0.1) is 18.3 Å². The molecule has 0 aromatic carbocycles. The van der Waals surface area contributed by atoms with Crippen LogP contribution in [0.5, 0.6) is 0 Å². The predicted octanol–water partition coefficient (Wildman–Crippen LogP) is 3.02. The molecule has 180 valence electrons. The average Bonchev–Trinajstić information content (AvgIpc) is 3.65. The quantitative estimate of drug-likeness (QED) is 0.541. The Balaban J connectivity index is 1.34. The molecule has 1 aliphatic heterocycles. The maximum atomic E-state index is 15.5. The van der Waals surface area contributed by atoms with E-state index in [9.17, 15) is 4.79 Å². The number of pyridine rings is 1.